The molecular weight excluding hydrogens is 192 g/mol. The van der Waals surface area contributed by atoms with Crippen LogP contribution < -0.4 is 11.5 Å². The first kappa shape index (κ1) is 9.71. The smallest absolute Gasteiger partial charge is 0.0562 e. The molecule has 0 amide bonds. The minimum atomic E-state index is 0.634. The number of nitrogen functional groups attached to an aromatic ring is 1. The largest absolute Gasteiger partial charge is 0.398 e. The first-order chi connectivity index (χ1) is 5.75. The van der Waals surface area contributed by atoms with Crippen LogP contribution in [-0.4, -0.2) is 12.3 Å². The molecule has 0 aliphatic rings. The fourth-order valence-electron chi connectivity index (χ4n) is 0.839. The molecule has 0 saturated heterocycles. The molecule has 0 fully saturated rings. The van der Waals surface area contributed by atoms with E-state index in [0.29, 0.717) is 11.6 Å². The Morgan fingerprint density at radius 3 is 2.75 bits per heavy atom. The summed E-state index contributed by atoms with van der Waals surface area (Å²) in [5, 5.41) is 0.702. The lowest BCUT2D eigenvalue weighted by atomic mass is 10.3. The molecule has 4 heteroatoms. The standard InChI is InChI=1S/C8H11ClN2S/c9-6-2-1-3-7(11)8(6)12-5-4-10/h1-3H,4-5,10-11H2. The molecule has 0 unspecified atom stereocenters. The zero-order chi connectivity index (χ0) is 8.97. The quantitative estimate of drug-likeness (QED) is 0.582. The Hall–Kier alpha value is -0.380. The fourth-order valence-corrected chi connectivity index (χ4v) is 1.95. The normalized spacial score (nSPS) is 10.2. The second-order valence-electron chi connectivity index (χ2n) is 2.30. The van der Waals surface area contributed by atoms with Crippen LogP contribution in [0.5, 0.6) is 0 Å². The van der Waals surface area contributed by atoms with Gasteiger partial charge in [-0.3, -0.25) is 0 Å². The topological polar surface area (TPSA) is 52.0 Å². The van der Waals surface area contributed by atoms with Gasteiger partial charge in [-0.25, -0.2) is 0 Å². The summed E-state index contributed by atoms with van der Waals surface area (Å²) in [4.78, 5) is 0.935. The van der Waals surface area contributed by atoms with E-state index in [1.54, 1.807) is 11.8 Å². The predicted molar refractivity (Wildman–Crippen MR) is 55.6 cm³/mol. The van der Waals surface area contributed by atoms with Crippen LogP contribution in [0.1, 0.15) is 0 Å². The third kappa shape index (κ3) is 2.30. The maximum atomic E-state index is 5.92. The molecule has 0 radical (unpaired) electrons. The molecule has 1 aromatic rings. The number of hydrogen-bond acceptors (Lipinski definition) is 3. The highest BCUT2D eigenvalue weighted by molar-refractivity contribution is 7.99. The summed E-state index contributed by atoms with van der Waals surface area (Å²) in [6.07, 6.45) is 0. The molecule has 4 N–H and O–H groups in total. The lowest BCUT2D eigenvalue weighted by Crippen LogP contribution is -2.01. The van der Waals surface area contributed by atoms with E-state index < -0.39 is 0 Å². The van der Waals surface area contributed by atoms with Gasteiger partial charge in [0, 0.05) is 22.9 Å². The van der Waals surface area contributed by atoms with Gasteiger partial charge in [0.1, 0.15) is 0 Å². The summed E-state index contributed by atoms with van der Waals surface area (Å²) in [5.41, 5.74) is 11.8. The molecule has 1 rings (SSSR count). The molecule has 0 aliphatic carbocycles. The summed E-state index contributed by atoms with van der Waals surface area (Å²) in [7, 11) is 0. The summed E-state index contributed by atoms with van der Waals surface area (Å²) in [6.45, 7) is 0.634. The van der Waals surface area contributed by atoms with Crippen molar-refractivity contribution in [3.63, 3.8) is 0 Å². The maximum absolute atomic E-state index is 5.92. The molecule has 0 atom stereocenters. The Morgan fingerprint density at radius 2 is 2.17 bits per heavy atom. The van der Waals surface area contributed by atoms with Crippen LogP contribution in [0.4, 0.5) is 5.69 Å². The second-order valence-corrected chi connectivity index (χ2v) is 3.81. The molecule has 12 heavy (non-hydrogen) atoms. The maximum Gasteiger partial charge on any atom is 0.0562 e. The number of anilines is 1. The van der Waals surface area contributed by atoms with Gasteiger partial charge in [0.15, 0.2) is 0 Å². The van der Waals surface area contributed by atoms with E-state index in [1.165, 1.54) is 0 Å². The highest BCUT2D eigenvalue weighted by Crippen LogP contribution is 2.31. The number of benzene rings is 1. The van der Waals surface area contributed by atoms with Gasteiger partial charge >= 0.3 is 0 Å². The average Bonchev–Trinajstić information content (AvgIpc) is 2.04. The van der Waals surface area contributed by atoms with Crippen LogP contribution in [-0.2, 0) is 0 Å². The van der Waals surface area contributed by atoms with Gasteiger partial charge < -0.3 is 11.5 Å². The van der Waals surface area contributed by atoms with Crippen LogP contribution in [0.3, 0.4) is 0 Å². The van der Waals surface area contributed by atoms with Crippen molar-refractivity contribution in [1.29, 1.82) is 0 Å². The Labute approximate surface area is 81.3 Å². The van der Waals surface area contributed by atoms with E-state index in [9.17, 15) is 0 Å². The van der Waals surface area contributed by atoms with Gasteiger partial charge in [-0.1, -0.05) is 17.7 Å². The van der Waals surface area contributed by atoms with Crippen molar-refractivity contribution in [2.75, 3.05) is 18.0 Å². The van der Waals surface area contributed by atoms with Crippen molar-refractivity contribution in [1.82, 2.24) is 0 Å². The van der Waals surface area contributed by atoms with Gasteiger partial charge in [-0.2, -0.15) is 0 Å². The average molecular weight is 203 g/mol. The Morgan fingerprint density at radius 1 is 1.42 bits per heavy atom. The molecule has 0 aromatic heterocycles. The summed E-state index contributed by atoms with van der Waals surface area (Å²) in [6, 6.07) is 5.51. The Kier molecular flexibility index (Phi) is 3.72. The van der Waals surface area contributed by atoms with Crippen molar-refractivity contribution in [3.8, 4) is 0 Å². The Balaban J connectivity index is 2.81. The molecular formula is C8H11ClN2S. The lowest BCUT2D eigenvalue weighted by Gasteiger charge is -2.05. The van der Waals surface area contributed by atoms with Gasteiger partial charge in [0.2, 0.25) is 0 Å². The van der Waals surface area contributed by atoms with Crippen LogP contribution >= 0.6 is 23.4 Å². The van der Waals surface area contributed by atoms with Crippen molar-refractivity contribution in [3.05, 3.63) is 23.2 Å². The predicted octanol–water partition coefficient (Wildman–Crippen LogP) is 1.97. The number of nitrogens with two attached hydrogens (primary N) is 2. The molecule has 2 nitrogen and oxygen atoms in total. The third-order valence-corrected chi connectivity index (χ3v) is 2.97. The van der Waals surface area contributed by atoms with Crippen molar-refractivity contribution in [2.45, 2.75) is 4.90 Å². The van der Waals surface area contributed by atoms with Gasteiger partial charge in [0.25, 0.3) is 0 Å². The molecule has 0 bridgehead atoms. The van der Waals surface area contributed by atoms with E-state index in [0.717, 1.165) is 16.3 Å². The van der Waals surface area contributed by atoms with Crippen molar-refractivity contribution in [2.24, 2.45) is 5.73 Å². The van der Waals surface area contributed by atoms with Crippen LogP contribution in [0.15, 0.2) is 23.1 Å². The minimum Gasteiger partial charge on any atom is -0.398 e. The molecule has 66 valence electrons. The van der Waals surface area contributed by atoms with Crippen LogP contribution in [0.25, 0.3) is 0 Å². The zero-order valence-corrected chi connectivity index (χ0v) is 8.16. The summed E-state index contributed by atoms with van der Waals surface area (Å²) < 4.78 is 0. The molecule has 0 spiro atoms. The zero-order valence-electron chi connectivity index (χ0n) is 6.59. The first-order valence-corrected chi connectivity index (χ1v) is 4.99. The number of thioether (sulfide) groups is 1. The fraction of sp³-hybridized carbons (Fsp3) is 0.250. The molecule has 1 aromatic carbocycles. The van der Waals surface area contributed by atoms with Crippen molar-refractivity contribution >= 4 is 29.1 Å². The molecule has 0 saturated carbocycles. The van der Waals surface area contributed by atoms with E-state index >= 15 is 0 Å². The summed E-state index contributed by atoms with van der Waals surface area (Å²) >= 11 is 7.52. The van der Waals surface area contributed by atoms with Gasteiger partial charge in [-0.15, -0.1) is 11.8 Å². The van der Waals surface area contributed by atoms with E-state index in [2.05, 4.69) is 0 Å². The van der Waals surface area contributed by atoms with Crippen LogP contribution in [0.2, 0.25) is 5.02 Å². The van der Waals surface area contributed by atoms with Crippen LogP contribution in [0, 0.1) is 0 Å². The number of halogens is 1. The lowest BCUT2D eigenvalue weighted by molar-refractivity contribution is 1.15. The Bertz CT molecular complexity index is 245. The van der Waals surface area contributed by atoms with E-state index in [4.69, 9.17) is 23.1 Å². The number of hydrogen-bond donors (Lipinski definition) is 2. The number of rotatable bonds is 3. The minimum absolute atomic E-state index is 0.634. The molecule has 0 heterocycles. The molecule has 0 aliphatic heterocycles. The highest BCUT2D eigenvalue weighted by atomic mass is 35.5. The third-order valence-electron chi connectivity index (χ3n) is 1.36. The highest BCUT2D eigenvalue weighted by Gasteiger charge is 2.03. The van der Waals surface area contributed by atoms with E-state index in [1.807, 2.05) is 18.2 Å². The SMILES string of the molecule is NCCSc1c(N)cccc1Cl. The monoisotopic (exact) mass is 202 g/mol. The summed E-state index contributed by atoms with van der Waals surface area (Å²) in [5.74, 6) is 0.841. The van der Waals surface area contributed by atoms with Crippen molar-refractivity contribution < 1.29 is 0 Å². The first-order valence-electron chi connectivity index (χ1n) is 3.62. The van der Waals surface area contributed by atoms with E-state index in [-0.39, 0.29) is 0 Å². The van der Waals surface area contributed by atoms with Gasteiger partial charge in [0.05, 0.1) is 5.02 Å². The van der Waals surface area contributed by atoms with Gasteiger partial charge in [-0.05, 0) is 12.1 Å². The second kappa shape index (κ2) is 4.60.